The Morgan fingerprint density at radius 3 is 3.14 bits per heavy atom. The molecular weight excluding hydrogens is 320 g/mol. The largest absolute Gasteiger partial charge is 0.374 e. The molecule has 1 aliphatic heterocycles. The molecule has 0 bridgehead atoms. The summed E-state index contributed by atoms with van der Waals surface area (Å²) in [6.07, 6.45) is 0.852. The fourth-order valence-electron chi connectivity index (χ4n) is 2.31. The Balaban J connectivity index is 1.49. The molecule has 1 aromatic carbocycles. The molecule has 0 spiro atoms. The molecule has 0 saturated heterocycles. The average Bonchev–Trinajstić information content (AvgIpc) is 2.96. The summed E-state index contributed by atoms with van der Waals surface area (Å²) >= 11 is 2.61. The van der Waals surface area contributed by atoms with Crippen molar-refractivity contribution < 1.29 is 9.53 Å². The van der Waals surface area contributed by atoms with E-state index in [1.807, 2.05) is 12.1 Å². The number of aromatic nitrogens is 2. The maximum Gasteiger partial charge on any atom is 0.230 e. The van der Waals surface area contributed by atoms with Crippen molar-refractivity contribution in [2.75, 3.05) is 24.6 Å². The van der Waals surface area contributed by atoms with Gasteiger partial charge in [0.15, 0.2) is 4.34 Å². The zero-order valence-electron chi connectivity index (χ0n) is 11.8. The van der Waals surface area contributed by atoms with E-state index in [0.29, 0.717) is 28.4 Å². The van der Waals surface area contributed by atoms with E-state index in [4.69, 9.17) is 10.5 Å². The second kappa shape index (κ2) is 7.08. The zero-order chi connectivity index (χ0) is 15.4. The highest BCUT2D eigenvalue weighted by Crippen LogP contribution is 2.26. The summed E-state index contributed by atoms with van der Waals surface area (Å²) < 4.78 is 6.46. The van der Waals surface area contributed by atoms with Crippen LogP contribution in [0.15, 0.2) is 28.6 Å². The van der Waals surface area contributed by atoms with Crippen LogP contribution in [0, 0.1) is 0 Å². The minimum Gasteiger partial charge on any atom is -0.374 e. The molecule has 0 unspecified atom stereocenters. The van der Waals surface area contributed by atoms with Gasteiger partial charge in [0.2, 0.25) is 11.0 Å². The van der Waals surface area contributed by atoms with Crippen molar-refractivity contribution >= 4 is 34.1 Å². The Morgan fingerprint density at radius 2 is 2.32 bits per heavy atom. The number of nitrogens with one attached hydrogen (secondary N) is 1. The van der Waals surface area contributed by atoms with Crippen molar-refractivity contribution in [3.05, 3.63) is 35.4 Å². The lowest BCUT2D eigenvalue weighted by atomic mass is 9.97. The first kappa shape index (κ1) is 15.3. The molecule has 1 aromatic heterocycles. The summed E-state index contributed by atoms with van der Waals surface area (Å²) in [5.74, 6) is 0.244. The van der Waals surface area contributed by atoms with Crippen LogP contribution in [0.5, 0.6) is 0 Å². The number of hydrogen-bond acceptors (Lipinski definition) is 7. The van der Waals surface area contributed by atoms with E-state index in [2.05, 4.69) is 27.6 Å². The Labute approximate surface area is 136 Å². The number of benzene rings is 1. The van der Waals surface area contributed by atoms with E-state index in [1.165, 1.54) is 34.2 Å². The summed E-state index contributed by atoms with van der Waals surface area (Å²) in [4.78, 5) is 11.9. The van der Waals surface area contributed by atoms with Gasteiger partial charge >= 0.3 is 0 Å². The Morgan fingerprint density at radius 1 is 1.45 bits per heavy atom. The van der Waals surface area contributed by atoms with Crippen LogP contribution in [-0.4, -0.2) is 35.0 Å². The van der Waals surface area contributed by atoms with Crippen LogP contribution in [0.3, 0.4) is 0 Å². The summed E-state index contributed by atoms with van der Waals surface area (Å²) in [5, 5.41) is 10.9. The van der Waals surface area contributed by atoms with Crippen LogP contribution >= 0.6 is 23.1 Å². The lowest BCUT2D eigenvalue weighted by Gasteiger charge is -2.26. The summed E-state index contributed by atoms with van der Waals surface area (Å²) in [6, 6.07) is 8.20. The van der Waals surface area contributed by atoms with Gasteiger partial charge in [-0.25, -0.2) is 0 Å². The Kier molecular flexibility index (Phi) is 4.91. The smallest absolute Gasteiger partial charge is 0.230 e. The lowest BCUT2D eigenvalue weighted by molar-refractivity contribution is -0.119. The van der Waals surface area contributed by atoms with E-state index >= 15 is 0 Å². The maximum absolute atomic E-state index is 11.9. The number of carbonyl (C=O) groups is 1. The van der Waals surface area contributed by atoms with Gasteiger partial charge < -0.3 is 15.8 Å². The first-order valence-corrected chi connectivity index (χ1v) is 8.70. The van der Waals surface area contributed by atoms with Gasteiger partial charge in [0.05, 0.1) is 12.4 Å². The molecule has 2 aromatic rings. The molecular formula is C14H16N4O2S2. The number of anilines is 1. The van der Waals surface area contributed by atoms with Crippen molar-refractivity contribution in [3.63, 3.8) is 0 Å². The average molecular weight is 336 g/mol. The van der Waals surface area contributed by atoms with E-state index in [9.17, 15) is 4.79 Å². The van der Waals surface area contributed by atoms with E-state index in [0.717, 1.165) is 6.42 Å². The molecule has 3 rings (SSSR count). The van der Waals surface area contributed by atoms with Gasteiger partial charge in [0.25, 0.3) is 0 Å². The van der Waals surface area contributed by atoms with Crippen LogP contribution in [0.2, 0.25) is 0 Å². The predicted molar refractivity (Wildman–Crippen MR) is 86.9 cm³/mol. The molecule has 1 atom stereocenters. The first-order chi connectivity index (χ1) is 10.7. The predicted octanol–water partition coefficient (Wildman–Crippen LogP) is 1.64. The van der Waals surface area contributed by atoms with Crippen LogP contribution in [0.1, 0.15) is 17.2 Å². The second-order valence-corrected chi connectivity index (χ2v) is 7.04. The number of nitrogens with two attached hydrogens (primary N) is 1. The van der Waals surface area contributed by atoms with Gasteiger partial charge in [-0.2, -0.15) is 0 Å². The number of thioether (sulfide) groups is 1. The molecule has 1 aliphatic rings. The third-order valence-electron chi connectivity index (χ3n) is 3.33. The van der Waals surface area contributed by atoms with Crippen molar-refractivity contribution in [1.82, 2.24) is 15.5 Å². The molecule has 0 aliphatic carbocycles. The zero-order valence-corrected chi connectivity index (χ0v) is 13.5. The standard InChI is InChI=1S/C14H16N4O2S2/c15-13-17-18-14(22-13)21-8-12(19)16-7-11-10-4-2-1-3-9(10)5-6-20-11/h1-4,11H,5-8H2,(H2,15,17)(H,16,19)/t11-/m0/s1. The van der Waals surface area contributed by atoms with E-state index in [1.54, 1.807) is 0 Å². The summed E-state index contributed by atoms with van der Waals surface area (Å²) in [7, 11) is 0. The molecule has 0 radical (unpaired) electrons. The van der Waals surface area contributed by atoms with Gasteiger partial charge in [-0.05, 0) is 17.5 Å². The fourth-order valence-corrected chi connectivity index (χ4v) is 3.78. The molecule has 0 fully saturated rings. The quantitative estimate of drug-likeness (QED) is 0.807. The second-order valence-electron chi connectivity index (χ2n) is 4.81. The van der Waals surface area contributed by atoms with Crippen LogP contribution in [-0.2, 0) is 16.0 Å². The number of rotatable bonds is 5. The van der Waals surface area contributed by atoms with E-state index in [-0.39, 0.29) is 12.0 Å². The molecule has 116 valence electrons. The monoisotopic (exact) mass is 336 g/mol. The topological polar surface area (TPSA) is 90.1 Å². The van der Waals surface area contributed by atoms with Crippen LogP contribution < -0.4 is 11.1 Å². The van der Waals surface area contributed by atoms with Gasteiger partial charge in [0, 0.05) is 6.54 Å². The SMILES string of the molecule is Nc1nnc(SCC(=O)NC[C@@H]2OCCc3ccccc32)s1. The van der Waals surface area contributed by atoms with Gasteiger partial charge in [-0.15, -0.1) is 10.2 Å². The van der Waals surface area contributed by atoms with Crippen molar-refractivity contribution in [1.29, 1.82) is 0 Å². The number of hydrogen-bond donors (Lipinski definition) is 2. The highest BCUT2D eigenvalue weighted by molar-refractivity contribution is 8.01. The number of ether oxygens (including phenoxy) is 1. The minimum absolute atomic E-state index is 0.0505. The van der Waals surface area contributed by atoms with Crippen LogP contribution in [0.25, 0.3) is 0 Å². The maximum atomic E-state index is 11.9. The third kappa shape index (κ3) is 3.76. The normalized spacial score (nSPS) is 17.0. The Hall–Kier alpha value is -1.64. The highest BCUT2D eigenvalue weighted by atomic mass is 32.2. The number of nitrogens with zero attached hydrogens (tertiary/aromatic N) is 2. The molecule has 6 nitrogen and oxygen atoms in total. The number of amides is 1. The molecule has 8 heteroatoms. The minimum atomic E-state index is -0.0731. The number of carbonyl (C=O) groups excluding carboxylic acids is 1. The Bertz CT molecular complexity index is 662. The molecule has 2 heterocycles. The fraction of sp³-hybridized carbons (Fsp3) is 0.357. The molecule has 1 amide bonds. The summed E-state index contributed by atoms with van der Waals surface area (Å²) in [5.41, 5.74) is 7.96. The van der Waals surface area contributed by atoms with Crippen molar-refractivity contribution in [2.24, 2.45) is 0 Å². The molecule has 3 N–H and O–H groups in total. The highest BCUT2D eigenvalue weighted by Gasteiger charge is 2.20. The van der Waals surface area contributed by atoms with Gasteiger partial charge in [-0.1, -0.05) is 47.4 Å². The van der Waals surface area contributed by atoms with Crippen molar-refractivity contribution in [3.8, 4) is 0 Å². The van der Waals surface area contributed by atoms with Crippen LogP contribution in [0.4, 0.5) is 5.13 Å². The lowest BCUT2D eigenvalue weighted by Crippen LogP contribution is -2.32. The number of nitrogen functional groups attached to an aromatic ring is 1. The van der Waals surface area contributed by atoms with Gasteiger partial charge in [0.1, 0.15) is 6.10 Å². The molecule has 0 saturated carbocycles. The van der Waals surface area contributed by atoms with Crippen molar-refractivity contribution in [2.45, 2.75) is 16.9 Å². The van der Waals surface area contributed by atoms with Gasteiger partial charge in [-0.3, -0.25) is 4.79 Å². The van der Waals surface area contributed by atoms with E-state index < -0.39 is 0 Å². The molecule has 22 heavy (non-hydrogen) atoms. The summed E-state index contributed by atoms with van der Waals surface area (Å²) in [6.45, 7) is 1.17. The third-order valence-corrected chi connectivity index (χ3v) is 5.21. The number of fused-ring (bicyclic) bond motifs is 1. The first-order valence-electron chi connectivity index (χ1n) is 6.90.